The third-order valence-corrected chi connectivity index (χ3v) is 3.93. The zero-order chi connectivity index (χ0) is 13.3. The van der Waals surface area contributed by atoms with Crippen LogP contribution in [0.5, 0.6) is 0 Å². The summed E-state index contributed by atoms with van der Waals surface area (Å²) >= 11 is 0. The van der Waals surface area contributed by atoms with Crippen LogP contribution in [0.1, 0.15) is 57.4 Å². The van der Waals surface area contributed by atoms with E-state index in [0.29, 0.717) is 0 Å². The van der Waals surface area contributed by atoms with Gasteiger partial charge in [0.05, 0.1) is 0 Å². The molecule has 0 spiro atoms. The summed E-state index contributed by atoms with van der Waals surface area (Å²) in [5, 5.41) is 2.82. The van der Waals surface area contributed by atoms with Gasteiger partial charge < -0.3 is 0 Å². The van der Waals surface area contributed by atoms with E-state index < -0.39 is 0 Å². The number of hydrogen-bond donors (Lipinski definition) is 0. The van der Waals surface area contributed by atoms with Crippen molar-refractivity contribution >= 4 is 59.7 Å². The van der Waals surface area contributed by atoms with E-state index in [0.717, 1.165) is 0 Å². The Kier molecular flexibility index (Phi) is 10.0. The van der Waals surface area contributed by atoms with E-state index in [-0.39, 0.29) is 48.9 Å². The molecule has 0 atom stereocenters. The van der Waals surface area contributed by atoms with E-state index in [1.54, 1.807) is 0 Å². The molecule has 0 saturated carbocycles. The quantitative estimate of drug-likeness (QED) is 0.397. The van der Waals surface area contributed by atoms with Crippen molar-refractivity contribution in [3.63, 3.8) is 0 Å². The summed E-state index contributed by atoms with van der Waals surface area (Å²) in [6, 6.07) is 15.4. The number of benzene rings is 2. The van der Waals surface area contributed by atoms with Crippen molar-refractivity contribution in [1.82, 2.24) is 0 Å². The van der Waals surface area contributed by atoms with E-state index in [1.807, 2.05) is 0 Å². The van der Waals surface area contributed by atoms with Gasteiger partial charge in [-0.2, -0.15) is 0 Å². The van der Waals surface area contributed by atoms with E-state index in [9.17, 15) is 0 Å². The molecule has 2 radical (unpaired) electrons. The van der Waals surface area contributed by atoms with Crippen molar-refractivity contribution in [3.05, 3.63) is 48.0 Å². The third kappa shape index (κ3) is 5.95. The van der Waals surface area contributed by atoms with Crippen molar-refractivity contribution in [2.75, 3.05) is 0 Å². The third-order valence-electron chi connectivity index (χ3n) is 3.93. The zero-order valence-electron chi connectivity index (χ0n) is 12.9. The van der Waals surface area contributed by atoms with Crippen molar-refractivity contribution in [1.29, 1.82) is 0 Å². The minimum absolute atomic E-state index is 0. The van der Waals surface area contributed by atoms with Crippen molar-refractivity contribution in [3.8, 4) is 0 Å². The van der Waals surface area contributed by atoms with Crippen LogP contribution in [0.15, 0.2) is 42.5 Å². The molecule has 0 aromatic heterocycles. The monoisotopic (exact) mass is 392 g/mol. The molecule has 0 amide bonds. The Morgan fingerprint density at radius 3 is 2.15 bits per heavy atom. The van der Waals surface area contributed by atoms with Crippen LogP contribution in [0.4, 0.5) is 0 Å². The second kappa shape index (κ2) is 10.9. The van der Waals surface area contributed by atoms with Gasteiger partial charge in [0.25, 0.3) is 0 Å². The van der Waals surface area contributed by atoms with E-state index >= 15 is 0 Å². The molecule has 2 rings (SSSR count). The minimum atomic E-state index is 0. The van der Waals surface area contributed by atoms with Gasteiger partial charge in [0, 0.05) is 48.9 Å². The first-order valence-electron chi connectivity index (χ1n) is 7.88. The fourth-order valence-electron chi connectivity index (χ4n) is 2.78. The van der Waals surface area contributed by atoms with Gasteiger partial charge in [-0.1, -0.05) is 87.9 Å². The second-order valence-electron chi connectivity index (χ2n) is 5.51. The molecule has 0 unspecified atom stereocenters. The molecule has 2 aromatic rings. The van der Waals surface area contributed by atoms with E-state index in [2.05, 4.69) is 49.4 Å². The minimum Gasteiger partial charge on any atom is -0.0654 e. The van der Waals surface area contributed by atoms with Crippen LogP contribution in [0, 0.1) is 0 Å². The van der Waals surface area contributed by atoms with Crippen molar-refractivity contribution in [2.24, 2.45) is 0 Å². The molecule has 1 heteroatoms. The van der Waals surface area contributed by atoms with Crippen LogP contribution in [0.2, 0.25) is 0 Å². The number of rotatable bonds is 8. The topological polar surface area (TPSA) is 0 Å². The van der Waals surface area contributed by atoms with Crippen LogP contribution in [-0.4, -0.2) is 48.9 Å². The maximum atomic E-state index is 2.29. The summed E-state index contributed by atoms with van der Waals surface area (Å²) in [5.41, 5.74) is 1.52. The van der Waals surface area contributed by atoms with Crippen LogP contribution in [0.25, 0.3) is 10.8 Å². The van der Waals surface area contributed by atoms with Gasteiger partial charge in [0.15, 0.2) is 0 Å². The van der Waals surface area contributed by atoms with Crippen LogP contribution < -0.4 is 0 Å². The molecule has 0 aliphatic heterocycles. The zero-order valence-corrected chi connectivity index (χ0v) is 17.3. The first-order valence-corrected chi connectivity index (χ1v) is 7.88. The smallest absolute Gasteiger partial charge is 0 e. The average molecular weight is 392 g/mol. The van der Waals surface area contributed by atoms with Crippen LogP contribution >= 0.6 is 0 Å². The number of fused-ring (bicyclic) bond motifs is 1. The average Bonchev–Trinajstić information content (AvgIpc) is 2.46. The van der Waals surface area contributed by atoms with E-state index in [1.165, 1.54) is 67.7 Å². The number of aryl methyl sites for hydroxylation is 1. The summed E-state index contributed by atoms with van der Waals surface area (Å²) in [6.45, 7) is 2.28. The summed E-state index contributed by atoms with van der Waals surface area (Å²) in [5.74, 6) is 0. The Balaban J connectivity index is 0.00000200. The van der Waals surface area contributed by atoms with Gasteiger partial charge in [-0.05, 0) is 29.2 Å². The predicted molar refractivity (Wildman–Crippen MR) is 91.4 cm³/mol. The van der Waals surface area contributed by atoms with Crippen LogP contribution in [-0.2, 0) is 6.42 Å². The maximum Gasteiger partial charge on any atom is 0 e. The number of hydrogen-bond acceptors (Lipinski definition) is 0. The Bertz CT molecular complexity index is 485. The molecule has 0 fully saturated rings. The molecule has 104 valence electrons. The normalized spacial score (nSPS) is 10.4. The maximum absolute atomic E-state index is 2.29. The largest absolute Gasteiger partial charge is 0.0654 e. The molecule has 0 N–H and O–H groups in total. The molecule has 0 aliphatic carbocycles. The molecule has 20 heavy (non-hydrogen) atoms. The summed E-state index contributed by atoms with van der Waals surface area (Å²) in [4.78, 5) is 0. The summed E-state index contributed by atoms with van der Waals surface area (Å²) < 4.78 is 0. The Morgan fingerprint density at radius 2 is 1.35 bits per heavy atom. The van der Waals surface area contributed by atoms with Crippen LogP contribution in [0.3, 0.4) is 0 Å². The van der Waals surface area contributed by atoms with Gasteiger partial charge in [-0.15, -0.1) is 0 Å². The summed E-state index contributed by atoms with van der Waals surface area (Å²) in [6.07, 6.45) is 10.9. The Hall–Kier alpha value is 0.271. The predicted octanol–water partition coefficient (Wildman–Crippen LogP) is 5.75. The molecule has 0 saturated heterocycles. The van der Waals surface area contributed by atoms with Gasteiger partial charge in [-0.3, -0.25) is 0 Å². The second-order valence-corrected chi connectivity index (χ2v) is 5.51. The molecular weight excluding hydrogens is 366 g/mol. The first-order chi connectivity index (χ1) is 9.42. The van der Waals surface area contributed by atoms with Gasteiger partial charge in [0.2, 0.25) is 0 Å². The fourth-order valence-corrected chi connectivity index (χ4v) is 2.78. The summed E-state index contributed by atoms with van der Waals surface area (Å²) in [7, 11) is 0. The Morgan fingerprint density at radius 1 is 0.700 bits per heavy atom. The first kappa shape index (κ1) is 18.3. The van der Waals surface area contributed by atoms with Gasteiger partial charge >= 0.3 is 0 Å². The fraction of sp³-hybridized carbons (Fsp3) is 0.474. The van der Waals surface area contributed by atoms with Gasteiger partial charge in [-0.25, -0.2) is 0 Å². The SMILES string of the molecule is CCCCCCCCCc1cccc2ccccc12.[Ba]. The Labute approximate surface area is 164 Å². The van der Waals surface area contributed by atoms with Crippen molar-refractivity contribution < 1.29 is 0 Å². The molecular formula is C19H26Ba. The van der Waals surface area contributed by atoms with E-state index in [4.69, 9.17) is 0 Å². The molecule has 2 aromatic carbocycles. The van der Waals surface area contributed by atoms with Gasteiger partial charge in [0.1, 0.15) is 0 Å². The molecule has 0 bridgehead atoms. The number of unbranched alkanes of at least 4 members (excludes halogenated alkanes) is 6. The molecule has 0 nitrogen and oxygen atoms in total. The molecule has 0 aliphatic rings. The van der Waals surface area contributed by atoms with Crippen molar-refractivity contribution in [2.45, 2.75) is 58.3 Å². The standard InChI is InChI=1S/C19H26.Ba/c1-2-3-4-5-6-7-8-12-17-14-11-15-18-13-9-10-16-19(17)18;/h9-11,13-16H,2-8,12H2,1H3;. The molecule has 0 heterocycles.